The van der Waals surface area contributed by atoms with Gasteiger partial charge in [-0.3, -0.25) is 4.79 Å². The molecule has 0 saturated carbocycles. The molecule has 1 aromatic carbocycles. The number of carbonyl (C=O) groups is 1. The lowest BCUT2D eigenvalue weighted by molar-refractivity contribution is -0.136. The topological polar surface area (TPSA) is 73.4 Å². The molecule has 2 atom stereocenters. The zero-order valence-electron chi connectivity index (χ0n) is 18.8. The lowest BCUT2D eigenvalue weighted by atomic mass is 9.95. The molecule has 1 aromatic heterocycles. The summed E-state index contributed by atoms with van der Waals surface area (Å²) in [5, 5.41) is 8.27. The van der Waals surface area contributed by atoms with Gasteiger partial charge in [-0.15, -0.1) is 0 Å². The number of nitrogens with zero attached hydrogens (tertiary/aromatic N) is 4. The molecule has 2 unspecified atom stereocenters. The van der Waals surface area contributed by atoms with Crippen molar-refractivity contribution in [2.45, 2.75) is 38.3 Å². The average Bonchev–Trinajstić information content (AvgIpc) is 3.34. The third kappa shape index (κ3) is 5.65. The number of likely N-dealkylation sites (N-methyl/N-ethyl adjacent to an activating group) is 1. The number of amides is 1. The van der Waals surface area contributed by atoms with Crippen LogP contribution in [0.15, 0.2) is 24.4 Å². The van der Waals surface area contributed by atoms with Crippen LogP contribution in [-0.4, -0.2) is 60.0 Å². The first-order chi connectivity index (χ1) is 15.8. The van der Waals surface area contributed by atoms with Crippen molar-refractivity contribution in [2.75, 3.05) is 43.4 Å². The summed E-state index contributed by atoms with van der Waals surface area (Å²) in [4.78, 5) is 26.1. The summed E-state index contributed by atoms with van der Waals surface area (Å²) < 4.78 is 0. The van der Waals surface area contributed by atoms with Crippen LogP contribution in [0.25, 0.3) is 0 Å². The highest BCUT2D eigenvalue weighted by Gasteiger charge is 2.32. The number of anilines is 2. The SMILES string of the molecule is CC(Nc1nc(N2CCC(C(=O)N(C)C3CCNC3)CC2)ncc1Cl)c1ccc(Cl)cc1Cl. The molecule has 2 aliphatic rings. The van der Waals surface area contributed by atoms with E-state index < -0.39 is 0 Å². The summed E-state index contributed by atoms with van der Waals surface area (Å²) in [7, 11) is 1.93. The van der Waals surface area contributed by atoms with Gasteiger partial charge in [0.05, 0.1) is 12.2 Å². The van der Waals surface area contributed by atoms with E-state index in [-0.39, 0.29) is 17.9 Å². The number of halogens is 3. The van der Waals surface area contributed by atoms with Crippen molar-refractivity contribution in [3.8, 4) is 0 Å². The first-order valence-corrected chi connectivity index (χ1v) is 12.4. The molecule has 33 heavy (non-hydrogen) atoms. The van der Waals surface area contributed by atoms with Gasteiger partial charge in [-0.25, -0.2) is 4.98 Å². The number of carbonyl (C=O) groups excluding carboxylic acids is 1. The van der Waals surface area contributed by atoms with Gasteiger partial charge in [-0.2, -0.15) is 4.98 Å². The summed E-state index contributed by atoms with van der Waals surface area (Å²) in [6, 6.07) is 5.59. The van der Waals surface area contributed by atoms with Gasteiger partial charge in [-0.1, -0.05) is 40.9 Å². The molecule has 4 rings (SSSR count). The fourth-order valence-electron chi connectivity index (χ4n) is 4.51. The molecule has 178 valence electrons. The van der Waals surface area contributed by atoms with Crippen molar-refractivity contribution >= 4 is 52.5 Å². The summed E-state index contributed by atoms with van der Waals surface area (Å²) >= 11 is 18.7. The van der Waals surface area contributed by atoms with Crippen LogP contribution in [0.3, 0.4) is 0 Å². The predicted octanol–water partition coefficient (Wildman–Crippen LogP) is 4.65. The highest BCUT2D eigenvalue weighted by atomic mass is 35.5. The molecular weight excluding hydrogens is 483 g/mol. The minimum Gasteiger partial charge on any atom is -0.362 e. The predicted molar refractivity (Wildman–Crippen MR) is 135 cm³/mol. The smallest absolute Gasteiger partial charge is 0.227 e. The summed E-state index contributed by atoms with van der Waals surface area (Å²) in [5.74, 6) is 1.45. The van der Waals surface area contributed by atoms with E-state index >= 15 is 0 Å². The van der Waals surface area contributed by atoms with Gasteiger partial charge in [0.2, 0.25) is 11.9 Å². The molecule has 2 aromatic rings. The van der Waals surface area contributed by atoms with Crippen LogP contribution in [0, 0.1) is 5.92 Å². The Kier molecular flexibility index (Phi) is 7.84. The minimum absolute atomic E-state index is 0.0452. The summed E-state index contributed by atoms with van der Waals surface area (Å²) in [5.41, 5.74) is 0.901. The van der Waals surface area contributed by atoms with Crippen molar-refractivity contribution in [3.63, 3.8) is 0 Å². The van der Waals surface area contributed by atoms with Crippen molar-refractivity contribution in [2.24, 2.45) is 5.92 Å². The number of nitrogens with one attached hydrogen (secondary N) is 2. The average molecular weight is 512 g/mol. The molecule has 3 heterocycles. The highest BCUT2D eigenvalue weighted by Crippen LogP contribution is 2.31. The van der Waals surface area contributed by atoms with E-state index in [4.69, 9.17) is 34.8 Å². The molecular formula is C23H29Cl3N6O. The van der Waals surface area contributed by atoms with Crippen LogP contribution in [0.2, 0.25) is 15.1 Å². The van der Waals surface area contributed by atoms with Crippen molar-refractivity contribution in [1.82, 2.24) is 20.2 Å². The summed E-state index contributed by atoms with van der Waals surface area (Å²) in [6.07, 6.45) is 4.21. The third-order valence-electron chi connectivity index (χ3n) is 6.57. The number of piperidine rings is 1. The largest absolute Gasteiger partial charge is 0.362 e. The standard InChI is InChI=1S/C23H29Cl3N6O/c1-14(18-4-3-16(24)11-19(18)25)29-21-20(26)13-28-23(30-21)32-9-6-15(7-10-32)22(33)31(2)17-5-8-27-12-17/h3-4,11,13-15,17,27H,5-10,12H2,1-2H3,(H,28,29,30). The molecule has 10 heteroatoms. The molecule has 0 radical (unpaired) electrons. The monoisotopic (exact) mass is 510 g/mol. The van der Waals surface area contributed by atoms with Crippen LogP contribution >= 0.6 is 34.8 Å². The quantitative estimate of drug-likeness (QED) is 0.588. The van der Waals surface area contributed by atoms with Crippen molar-refractivity contribution in [3.05, 3.63) is 45.0 Å². The van der Waals surface area contributed by atoms with E-state index in [0.29, 0.717) is 32.9 Å². The lowest BCUT2D eigenvalue weighted by Gasteiger charge is -2.35. The highest BCUT2D eigenvalue weighted by molar-refractivity contribution is 6.35. The number of rotatable bonds is 6. The Morgan fingerprint density at radius 2 is 1.97 bits per heavy atom. The zero-order chi connectivity index (χ0) is 23.5. The van der Waals surface area contributed by atoms with Crippen molar-refractivity contribution in [1.29, 1.82) is 0 Å². The Morgan fingerprint density at radius 3 is 2.64 bits per heavy atom. The van der Waals surface area contributed by atoms with E-state index in [9.17, 15) is 4.79 Å². The van der Waals surface area contributed by atoms with E-state index in [1.165, 1.54) is 0 Å². The van der Waals surface area contributed by atoms with Crippen LogP contribution < -0.4 is 15.5 Å². The maximum atomic E-state index is 12.9. The number of hydrogen-bond donors (Lipinski definition) is 2. The zero-order valence-corrected chi connectivity index (χ0v) is 21.1. The maximum absolute atomic E-state index is 12.9. The fourth-order valence-corrected chi connectivity index (χ4v) is 5.23. The van der Waals surface area contributed by atoms with Crippen LogP contribution in [0.5, 0.6) is 0 Å². The molecule has 2 saturated heterocycles. The molecule has 0 bridgehead atoms. The number of benzene rings is 1. The van der Waals surface area contributed by atoms with E-state index in [1.54, 1.807) is 18.3 Å². The van der Waals surface area contributed by atoms with Gasteiger partial charge < -0.3 is 20.4 Å². The van der Waals surface area contributed by atoms with E-state index in [2.05, 4.69) is 25.5 Å². The Bertz CT molecular complexity index is 992. The first-order valence-electron chi connectivity index (χ1n) is 11.3. The Morgan fingerprint density at radius 1 is 1.21 bits per heavy atom. The fraction of sp³-hybridized carbons (Fsp3) is 0.522. The second kappa shape index (κ2) is 10.6. The molecule has 2 aliphatic heterocycles. The first kappa shape index (κ1) is 24.3. The van der Waals surface area contributed by atoms with E-state index in [1.807, 2.05) is 24.9 Å². The van der Waals surface area contributed by atoms with Crippen molar-refractivity contribution < 1.29 is 4.79 Å². The van der Waals surface area contributed by atoms with E-state index in [0.717, 1.165) is 51.0 Å². The second-order valence-corrected chi connectivity index (χ2v) is 10.0. The van der Waals surface area contributed by atoms with Gasteiger partial charge in [0, 0.05) is 48.7 Å². The molecule has 0 spiro atoms. The van der Waals surface area contributed by atoms with Crippen LogP contribution in [0.4, 0.5) is 11.8 Å². The van der Waals surface area contributed by atoms with Gasteiger partial charge in [0.15, 0.2) is 5.82 Å². The minimum atomic E-state index is -0.126. The maximum Gasteiger partial charge on any atom is 0.227 e. The summed E-state index contributed by atoms with van der Waals surface area (Å²) in [6.45, 7) is 5.31. The normalized spacial score (nSPS) is 20.0. The second-order valence-electron chi connectivity index (χ2n) is 8.76. The number of hydrogen-bond acceptors (Lipinski definition) is 6. The molecule has 7 nitrogen and oxygen atoms in total. The molecule has 2 fully saturated rings. The van der Waals surface area contributed by atoms with Crippen LogP contribution in [-0.2, 0) is 4.79 Å². The Hall–Kier alpha value is -1.80. The Balaban J connectivity index is 1.39. The van der Waals surface area contributed by atoms with Gasteiger partial charge in [-0.05, 0) is 50.4 Å². The lowest BCUT2D eigenvalue weighted by Crippen LogP contribution is -2.45. The molecule has 2 N–H and O–H groups in total. The molecule has 0 aliphatic carbocycles. The molecule has 1 amide bonds. The van der Waals surface area contributed by atoms with Gasteiger partial charge in [0.1, 0.15) is 5.02 Å². The van der Waals surface area contributed by atoms with Gasteiger partial charge >= 0.3 is 0 Å². The van der Waals surface area contributed by atoms with Crippen LogP contribution in [0.1, 0.15) is 37.8 Å². The van der Waals surface area contributed by atoms with Gasteiger partial charge in [0.25, 0.3) is 0 Å². The number of aromatic nitrogens is 2. The third-order valence-corrected chi connectivity index (χ3v) is 7.41. The Labute approximate surface area is 209 Å².